The number of fused-ring (bicyclic) bond motifs is 1. The molecule has 33 heavy (non-hydrogen) atoms. The number of aryl methyl sites for hydroxylation is 1. The first-order valence-electron chi connectivity index (χ1n) is 10.1. The molecule has 0 bridgehead atoms. The normalized spacial score (nSPS) is 10.9. The molecule has 8 heteroatoms. The van der Waals surface area contributed by atoms with E-state index >= 15 is 0 Å². The minimum Gasteiger partial charge on any atom is -0.451 e. The third kappa shape index (κ3) is 3.99. The van der Waals surface area contributed by atoms with Gasteiger partial charge < -0.3 is 9.73 Å². The Morgan fingerprint density at radius 1 is 1.03 bits per heavy atom. The van der Waals surface area contributed by atoms with Crippen molar-refractivity contribution in [2.75, 3.05) is 5.32 Å². The number of amides is 1. The number of hydrogen-bond acceptors (Lipinski definition) is 6. The van der Waals surface area contributed by atoms with Crippen LogP contribution in [-0.4, -0.2) is 15.8 Å². The highest BCUT2D eigenvalue weighted by atomic mass is 32.1. The van der Waals surface area contributed by atoms with Crippen LogP contribution in [0.5, 0.6) is 0 Å². The predicted octanol–water partition coefficient (Wildman–Crippen LogP) is 6.69. The van der Waals surface area contributed by atoms with E-state index in [1.54, 1.807) is 35.6 Å². The topological polar surface area (TPSA) is 98.3 Å². The van der Waals surface area contributed by atoms with Gasteiger partial charge in [-0.25, -0.2) is 4.98 Å². The zero-order valence-corrected chi connectivity index (χ0v) is 18.3. The fraction of sp³-hybridized carbons (Fsp3) is 0.0400. The van der Waals surface area contributed by atoms with Gasteiger partial charge in [0.25, 0.3) is 11.6 Å². The number of carbonyl (C=O) groups is 1. The highest BCUT2D eigenvalue weighted by Crippen LogP contribution is 2.33. The molecule has 3 aromatic carbocycles. The molecule has 0 spiro atoms. The van der Waals surface area contributed by atoms with Gasteiger partial charge in [0.1, 0.15) is 10.8 Å². The Hall–Kier alpha value is -4.30. The molecule has 0 saturated carbocycles. The lowest BCUT2D eigenvalue weighted by Crippen LogP contribution is -2.11. The molecule has 0 aliphatic carbocycles. The predicted molar refractivity (Wildman–Crippen MR) is 129 cm³/mol. The largest absolute Gasteiger partial charge is 0.451 e. The number of furan rings is 1. The first-order chi connectivity index (χ1) is 16.0. The maximum atomic E-state index is 12.9. The minimum atomic E-state index is -0.478. The number of anilines is 1. The number of hydrogen-bond donors (Lipinski definition) is 1. The van der Waals surface area contributed by atoms with Gasteiger partial charge in [0.2, 0.25) is 0 Å². The van der Waals surface area contributed by atoms with E-state index < -0.39 is 10.8 Å². The lowest BCUT2D eigenvalue weighted by molar-refractivity contribution is -0.384. The van der Waals surface area contributed by atoms with Crippen molar-refractivity contribution in [2.24, 2.45) is 0 Å². The summed E-state index contributed by atoms with van der Waals surface area (Å²) in [5, 5.41) is 15.0. The van der Waals surface area contributed by atoms with E-state index in [1.165, 1.54) is 12.1 Å². The average Bonchev–Trinajstić information content (AvgIpc) is 3.48. The third-order valence-electron chi connectivity index (χ3n) is 5.22. The number of nitro benzene ring substituents is 1. The van der Waals surface area contributed by atoms with Crippen molar-refractivity contribution in [3.8, 4) is 21.9 Å². The number of benzene rings is 3. The van der Waals surface area contributed by atoms with Crippen molar-refractivity contribution in [3.63, 3.8) is 0 Å². The second kappa shape index (κ2) is 8.33. The average molecular weight is 455 g/mol. The number of para-hydroxylation sites is 2. The lowest BCUT2D eigenvalue weighted by atomic mass is 10.1. The van der Waals surface area contributed by atoms with Crippen LogP contribution in [0.4, 0.5) is 11.4 Å². The quantitative estimate of drug-likeness (QED) is 0.235. The van der Waals surface area contributed by atoms with Crippen LogP contribution in [0.1, 0.15) is 16.1 Å². The van der Waals surface area contributed by atoms with Crippen LogP contribution in [0.15, 0.2) is 83.3 Å². The number of carbonyl (C=O) groups excluding carboxylic acids is 1. The molecule has 0 saturated heterocycles. The van der Waals surface area contributed by atoms with E-state index in [9.17, 15) is 14.9 Å². The monoisotopic (exact) mass is 455 g/mol. The fourth-order valence-electron chi connectivity index (χ4n) is 3.52. The van der Waals surface area contributed by atoms with Crippen molar-refractivity contribution >= 4 is 38.8 Å². The standard InChI is InChI=1S/C25H17N3O4S/c1-15-10-11-16(25-27-18-7-3-5-9-23(18)33-25)14-19(15)26-24(29)22-13-12-21(32-22)17-6-2-4-8-20(17)28(30)31/h2-14H,1H3,(H,26,29). The van der Waals surface area contributed by atoms with Crippen LogP contribution in [0, 0.1) is 17.0 Å². The number of nitrogens with one attached hydrogen (secondary N) is 1. The molecule has 0 atom stereocenters. The van der Waals surface area contributed by atoms with Gasteiger partial charge in [0, 0.05) is 17.3 Å². The second-order valence-corrected chi connectivity index (χ2v) is 8.44. The summed E-state index contributed by atoms with van der Waals surface area (Å²) in [5.74, 6) is -0.121. The van der Waals surface area contributed by atoms with E-state index in [4.69, 9.17) is 4.42 Å². The van der Waals surface area contributed by atoms with Crippen LogP contribution in [0.3, 0.4) is 0 Å². The zero-order valence-electron chi connectivity index (χ0n) is 17.4. The van der Waals surface area contributed by atoms with Crippen molar-refractivity contribution < 1.29 is 14.1 Å². The van der Waals surface area contributed by atoms with Gasteiger partial charge >= 0.3 is 0 Å². The van der Waals surface area contributed by atoms with Gasteiger partial charge in [0.05, 0.1) is 20.7 Å². The van der Waals surface area contributed by atoms with Gasteiger partial charge in [-0.15, -0.1) is 11.3 Å². The minimum absolute atomic E-state index is 0.0629. The molecular formula is C25H17N3O4S. The van der Waals surface area contributed by atoms with Crippen LogP contribution >= 0.6 is 11.3 Å². The van der Waals surface area contributed by atoms with Gasteiger partial charge in [-0.1, -0.05) is 36.4 Å². The molecule has 1 N–H and O–H groups in total. The summed E-state index contributed by atoms with van der Waals surface area (Å²) in [5.41, 5.74) is 3.59. The number of nitrogens with zero attached hydrogens (tertiary/aromatic N) is 2. The molecule has 1 amide bonds. The van der Waals surface area contributed by atoms with Crippen LogP contribution in [0.2, 0.25) is 0 Å². The number of nitro groups is 1. The molecule has 0 unspecified atom stereocenters. The first-order valence-corrected chi connectivity index (χ1v) is 10.9. The zero-order chi connectivity index (χ0) is 22.9. The van der Waals surface area contributed by atoms with Crippen molar-refractivity contribution in [1.82, 2.24) is 4.98 Å². The summed E-state index contributed by atoms with van der Waals surface area (Å²) < 4.78 is 6.76. The summed E-state index contributed by atoms with van der Waals surface area (Å²) in [6.45, 7) is 1.90. The summed E-state index contributed by atoms with van der Waals surface area (Å²) in [6, 6.07) is 23.0. The van der Waals surface area contributed by atoms with E-state index in [1.807, 2.05) is 49.4 Å². The van der Waals surface area contributed by atoms with Gasteiger partial charge in [0.15, 0.2) is 5.76 Å². The van der Waals surface area contributed by atoms with Gasteiger partial charge in [-0.05, 0) is 48.9 Å². The van der Waals surface area contributed by atoms with Crippen molar-refractivity contribution in [2.45, 2.75) is 6.92 Å². The Balaban J connectivity index is 1.42. The summed E-state index contributed by atoms with van der Waals surface area (Å²) in [7, 11) is 0. The first kappa shape index (κ1) is 20.6. The molecule has 5 rings (SSSR count). The third-order valence-corrected chi connectivity index (χ3v) is 6.31. The van der Waals surface area contributed by atoms with Gasteiger partial charge in [-0.2, -0.15) is 0 Å². The molecule has 5 aromatic rings. The Labute approximate surface area is 192 Å². The molecule has 2 aromatic heterocycles. The number of rotatable bonds is 5. The van der Waals surface area contributed by atoms with Crippen molar-refractivity contribution in [3.05, 3.63) is 100 Å². The maximum absolute atomic E-state index is 12.9. The van der Waals surface area contributed by atoms with E-state index in [2.05, 4.69) is 10.3 Å². The highest BCUT2D eigenvalue weighted by molar-refractivity contribution is 7.21. The van der Waals surface area contributed by atoms with E-state index in [0.717, 1.165) is 26.4 Å². The van der Waals surface area contributed by atoms with Crippen LogP contribution in [-0.2, 0) is 0 Å². The molecule has 7 nitrogen and oxygen atoms in total. The second-order valence-electron chi connectivity index (χ2n) is 7.41. The van der Waals surface area contributed by atoms with Crippen LogP contribution in [0.25, 0.3) is 32.1 Å². The van der Waals surface area contributed by atoms with Gasteiger partial charge in [-0.3, -0.25) is 14.9 Å². The molecule has 0 aliphatic rings. The highest BCUT2D eigenvalue weighted by Gasteiger charge is 2.20. The van der Waals surface area contributed by atoms with Crippen molar-refractivity contribution in [1.29, 1.82) is 0 Å². The Bertz CT molecular complexity index is 1490. The lowest BCUT2D eigenvalue weighted by Gasteiger charge is -2.09. The molecule has 0 fully saturated rings. The smallest absolute Gasteiger partial charge is 0.291 e. The van der Waals surface area contributed by atoms with E-state index in [-0.39, 0.29) is 17.2 Å². The van der Waals surface area contributed by atoms with Crippen LogP contribution < -0.4 is 5.32 Å². The summed E-state index contributed by atoms with van der Waals surface area (Å²) in [6.07, 6.45) is 0. The molecular weight excluding hydrogens is 438 g/mol. The molecule has 2 heterocycles. The summed E-state index contributed by atoms with van der Waals surface area (Å²) >= 11 is 1.59. The number of thiazole rings is 1. The Kier molecular flexibility index (Phi) is 5.20. The van der Waals surface area contributed by atoms with E-state index in [0.29, 0.717) is 11.3 Å². The Morgan fingerprint density at radius 3 is 2.64 bits per heavy atom. The Morgan fingerprint density at radius 2 is 1.82 bits per heavy atom. The summed E-state index contributed by atoms with van der Waals surface area (Å²) in [4.78, 5) is 28.4. The fourth-order valence-corrected chi connectivity index (χ4v) is 4.48. The maximum Gasteiger partial charge on any atom is 0.291 e. The molecule has 0 aliphatic heterocycles. The SMILES string of the molecule is Cc1ccc(-c2nc3ccccc3s2)cc1NC(=O)c1ccc(-c2ccccc2[N+](=O)[O-])o1. The number of aromatic nitrogens is 1. The molecule has 162 valence electrons. The molecule has 0 radical (unpaired) electrons.